The van der Waals surface area contributed by atoms with Gasteiger partial charge >= 0.3 is 5.97 Å². The molecule has 1 fully saturated rings. The highest BCUT2D eigenvalue weighted by molar-refractivity contribution is 9.10. The number of furan rings is 1. The van der Waals surface area contributed by atoms with Crippen molar-refractivity contribution in [2.45, 2.75) is 44.9 Å². The minimum absolute atomic E-state index is 0.184. The Hall–Kier alpha value is -3.52. The number of rotatable bonds is 5. The fourth-order valence-electron chi connectivity index (χ4n) is 4.66. The minimum Gasteiger partial charge on any atom is -0.478 e. The second-order valence-electron chi connectivity index (χ2n) is 8.86. The molecular formula is C27H24BrN3O4. The molecule has 0 aliphatic heterocycles. The molecule has 2 heterocycles. The van der Waals surface area contributed by atoms with Crippen molar-refractivity contribution >= 4 is 39.0 Å². The lowest BCUT2D eigenvalue weighted by atomic mass is 9.88. The third kappa shape index (κ3) is 4.71. The number of aryl methyl sites for hydroxylation is 1. The minimum atomic E-state index is -0.970. The van der Waals surface area contributed by atoms with E-state index in [9.17, 15) is 14.7 Å². The Kier molecular flexibility index (Phi) is 6.38. The molecule has 2 aromatic heterocycles. The van der Waals surface area contributed by atoms with Gasteiger partial charge in [0.15, 0.2) is 0 Å². The summed E-state index contributed by atoms with van der Waals surface area (Å²) in [7, 11) is 0. The van der Waals surface area contributed by atoms with Gasteiger partial charge in [0.25, 0.3) is 5.56 Å². The normalized spacial score (nSPS) is 14.7. The quantitative estimate of drug-likeness (QED) is 0.301. The lowest BCUT2D eigenvalue weighted by molar-refractivity contribution is 0.0697. The number of halogens is 1. The van der Waals surface area contributed by atoms with Crippen LogP contribution in [0.3, 0.4) is 0 Å². The molecule has 1 aliphatic carbocycles. The maximum Gasteiger partial charge on any atom is 0.335 e. The molecule has 0 atom stereocenters. The first kappa shape index (κ1) is 23.2. The summed E-state index contributed by atoms with van der Waals surface area (Å²) >= 11 is 3.44. The zero-order valence-electron chi connectivity index (χ0n) is 19.2. The van der Waals surface area contributed by atoms with Crippen molar-refractivity contribution in [3.05, 3.63) is 86.1 Å². The van der Waals surface area contributed by atoms with E-state index in [-0.39, 0.29) is 17.0 Å². The molecule has 7 nitrogen and oxygen atoms in total. The molecule has 0 amide bonds. The fraction of sp³-hybridized carbons (Fsp3) is 0.259. The average Bonchev–Trinajstić information content (AvgIpc) is 3.32. The number of aromatic carboxylic acids is 1. The Morgan fingerprint density at radius 3 is 2.69 bits per heavy atom. The predicted molar refractivity (Wildman–Crippen MR) is 138 cm³/mol. The number of aromatic nitrogens is 2. The van der Waals surface area contributed by atoms with Crippen molar-refractivity contribution in [2.75, 3.05) is 0 Å². The summed E-state index contributed by atoms with van der Waals surface area (Å²) in [5, 5.41) is 14.2. The maximum atomic E-state index is 13.4. The number of hydrogen-bond acceptors (Lipinski definition) is 5. The van der Waals surface area contributed by atoms with Crippen LogP contribution in [-0.4, -0.2) is 27.0 Å². The van der Waals surface area contributed by atoms with Crippen LogP contribution in [0.4, 0.5) is 0 Å². The SMILES string of the molecule is Cc1cc(C(=O)O)ccc1-c1ccc(C=Nn2c(C3CCCCC3)nc3ccc(Br)cc3c2=O)o1. The van der Waals surface area contributed by atoms with Crippen molar-refractivity contribution in [1.82, 2.24) is 9.66 Å². The molecular weight excluding hydrogens is 510 g/mol. The van der Waals surface area contributed by atoms with Crippen LogP contribution in [0.15, 0.2) is 67.3 Å². The summed E-state index contributed by atoms with van der Waals surface area (Å²) in [6.07, 6.45) is 6.94. The molecule has 2 aromatic carbocycles. The summed E-state index contributed by atoms with van der Waals surface area (Å²) in [4.78, 5) is 29.5. The van der Waals surface area contributed by atoms with Gasteiger partial charge in [0.1, 0.15) is 17.3 Å². The van der Waals surface area contributed by atoms with E-state index >= 15 is 0 Å². The maximum absolute atomic E-state index is 13.4. The third-order valence-corrected chi connectivity index (χ3v) is 6.96. The first-order valence-corrected chi connectivity index (χ1v) is 12.4. The van der Waals surface area contributed by atoms with Crippen LogP contribution in [0, 0.1) is 6.92 Å². The molecule has 0 unspecified atom stereocenters. The third-order valence-electron chi connectivity index (χ3n) is 6.47. The van der Waals surface area contributed by atoms with E-state index in [1.807, 2.05) is 25.1 Å². The summed E-state index contributed by atoms with van der Waals surface area (Å²) in [6.45, 7) is 1.84. The van der Waals surface area contributed by atoms with Crippen LogP contribution in [0.25, 0.3) is 22.2 Å². The molecule has 0 bridgehead atoms. The van der Waals surface area contributed by atoms with Crippen LogP contribution in [0.1, 0.15) is 65.5 Å². The van der Waals surface area contributed by atoms with Crippen LogP contribution in [0.5, 0.6) is 0 Å². The van der Waals surface area contributed by atoms with Gasteiger partial charge < -0.3 is 9.52 Å². The molecule has 1 saturated carbocycles. The lowest BCUT2D eigenvalue weighted by Crippen LogP contribution is -2.25. The van der Waals surface area contributed by atoms with E-state index in [1.165, 1.54) is 17.3 Å². The van der Waals surface area contributed by atoms with Gasteiger partial charge in [-0.1, -0.05) is 41.3 Å². The van der Waals surface area contributed by atoms with Crippen molar-refractivity contribution in [3.63, 3.8) is 0 Å². The molecule has 178 valence electrons. The molecule has 4 aromatic rings. The first-order valence-electron chi connectivity index (χ1n) is 11.6. The number of carbonyl (C=O) groups is 1. The van der Waals surface area contributed by atoms with Crippen molar-refractivity contribution in [1.29, 1.82) is 0 Å². The number of fused-ring (bicyclic) bond motifs is 1. The summed E-state index contributed by atoms with van der Waals surface area (Å²) in [6, 6.07) is 14.0. The Bertz CT molecular complexity index is 1510. The van der Waals surface area contributed by atoms with Crippen LogP contribution >= 0.6 is 15.9 Å². The van der Waals surface area contributed by atoms with E-state index in [2.05, 4.69) is 21.0 Å². The van der Waals surface area contributed by atoms with E-state index in [0.29, 0.717) is 28.2 Å². The van der Waals surface area contributed by atoms with E-state index < -0.39 is 5.97 Å². The lowest BCUT2D eigenvalue weighted by Gasteiger charge is -2.22. The highest BCUT2D eigenvalue weighted by Gasteiger charge is 2.22. The first-order chi connectivity index (χ1) is 16.9. The average molecular weight is 534 g/mol. The largest absolute Gasteiger partial charge is 0.478 e. The molecule has 0 spiro atoms. The molecule has 0 saturated heterocycles. The molecule has 1 aliphatic rings. The Balaban J connectivity index is 1.53. The van der Waals surface area contributed by atoms with Gasteiger partial charge in [0.2, 0.25) is 0 Å². The Morgan fingerprint density at radius 2 is 1.94 bits per heavy atom. The van der Waals surface area contributed by atoms with Gasteiger partial charge in [-0.15, -0.1) is 0 Å². The van der Waals surface area contributed by atoms with Crippen LogP contribution in [0.2, 0.25) is 0 Å². The van der Waals surface area contributed by atoms with Crippen LogP contribution < -0.4 is 5.56 Å². The van der Waals surface area contributed by atoms with E-state index in [1.54, 1.807) is 30.3 Å². The zero-order valence-corrected chi connectivity index (χ0v) is 20.8. The summed E-state index contributed by atoms with van der Waals surface area (Å²) < 4.78 is 8.19. The smallest absolute Gasteiger partial charge is 0.335 e. The molecule has 8 heteroatoms. The van der Waals surface area contributed by atoms with E-state index in [4.69, 9.17) is 9.40 Å². The van der Waals surface area contributed by atoms with Crippen molar-refractivity contribution in [3.8, 4) is 11.3 Å². The predicted octanol–water partition coefficient (Wildman–Crippen LogP) is 6.36. The van der Waals surface area contributed by atoms with Crippen molar-refractivity contribution in [2.24, 2.45) is 5.10 Å². The Labute approximate surface area is 210 Å². The Morgan fingerprint density at radius 1 is 1.14 bits per heavy atom. The number of nitrogens with zero attached hydrogens (tertiary/aromatic N) is 3. The molecule has 0 radical (unpaired) electrons. The number of carboxylic acid groups (broad SMARTS) is 1. The van der Waals surface area contributed by atoms with Gasteiger partial charge in [0.05, 0.1) is 22.7 Å². The highest BCUT2D eigenvalue weighted by Crippen LogP contribution is 2.32. The monoisotopic (exact) mass is 533 g/mol. The summed E-state index contributed by atoms with van der Waals surface area (Å²) in [5.41, 5.74) is 2.28. The number of hydrogen-bond donors (Lipinski definition) is 1. The number of carboxylic acids is 1. The van der Waals surface area contributed by atoms with Gasteiger partial charge in [-0.25, -0.2) is 9.78 Å². The standard InChI is InChI=1S/C27H24BrN3O4/c1-16-13-18(27(33)34)7-10-21(16)24-12-9-20(35-24)15-29-31-25(17-5-3-2-4-6-17)30-23-11-8-19(28)14-22(23)26(31)32/h7-15,17H,2-6H2,1H3,(H,33,34). The number of benzene rings is 2. The van der Waals surface area contributed by atoms with Gasteiger partial charge in [-0.3, -0.25) is 4.79 Å². The van der Waals surface area contributed by atoms with E-state index in [0.717, 1.165) is 41.3 Å². The van der Waals surface area contributed by atoms with Gasteiger partial charge in [-0.05, 0) is 67.8 Å². The highest BCUT2D eigenvalue weighted by atomic mass is 79.9. The summed E-state index contributed by atoms with van der Waals surface area (Å²) in [5.74, 6) is 0.984. The zero-order chi connectivity index (χ0) is 24.5. The molecule has 35 heavy (non-hydrogen) atoms. The van der Waals surface area contributed by atoms with Gasteiger partial charge in [0, 0.05) is 16.0 Å². The van der Waals surface area contributed by atoms with Gasteiger partial charge in [-0.2, -0.15) is 9.78 Å². The molecule has 1 N–H and O–H groups in total. The van der Waals surface area contributed by atoms with Crippen LogP contribution in [-0.2, 0) is 0 Å². The molecule has 5 rings (SSSR count). The second-order valence-corrected chi connectivity index (χ2v) is 9.78. The second kappa shape index (κ2) is 9.62. The topological polar surface area (TPSA) is 97.7 Å². The van der Waals surface area contributed by atoms with Crippen molar-refractivity contribution < 1.29 is 14.3 Å². The fourth-order valence-corrected chi connectivity index (χ4v) is 5.02.